The van der Waals surface area contributed by atoms with Gasteiger partial charge in [-0.05, 0) is 19.4 Å². The van der Waals surface area contributed by atoms with Gasteiger partial charge >= 0.3 is 6.61 Å². The molecular weight excluding hydrogens is 178 g/mol. The van der Waals surface area contributed by atoms with Crippen LogP contribution in [-0.2, 0) is 4.74 Å². The number of rotatable bonds is 4. The molecule has 3 nitrogen and oxygen atoms in total. The van der Waals surface area contributed by atoms with Gasteiger partial charge in [0.1, 0.15) is 0 Å². The first-order chi connectivity index (χ1) is 6.18. The number of alkyl halides is 2. The molecule has 2 N–H and O–H groups in total. The topological polar surface area (TPSA) is 38.5 Å². The minimum atomic E-state index is -2.65. The normalized spacial score (nSPS) is 25.4. The molecule has 0 aromatic carbocycles. The molecule has 0 spiro atoms. The molecule has 1 unspecified atom stereocenters. The smallest absolute Gasteiger partial charge is 0.327 e. The second kappa shape index (κ2) is 5.47. The van der Waals surface area contributed by atoms with E-state index < -0.39 is 6.61 Å². The monoisotopic (exact) mass is 194 g/mol. The number of hydrogen-bond acceptors (Lipinski definition) is 3. The van der Waals surface area contributed by atoms with Gasteiger partial charge in [0.25, 0.3) is 0 Å². The lowest BCUT2D eigenvalue weighted by Gasteiger charge is -2.30. The quantitative estimate of drug-likeness (QED) is 0.714. The number of piperidine rings is 1. The molecule has 1 aliphatic heterocycles. The van der Waals surface area contributed by atoms with Gasteiger partial charge in [-0.1, -0.05) is 0 Å². The van der Waals surface area contributed by atoms with E-state index in [1.165, 1.54) is 0 Å². The molecule has 1 fully saturated rings. The van der Waals surface area contributed by atoms with Crippen molar-refractivity contribution >= 4 is 0 Å². The lowest BCUT2D eigenvalue weighted by atomic mass is 10.1. The predicted octanol–water partition coefficient (Wildman–Crippen LogP) is 0.649. The molecule has 0 saturated carbocycles. The molecule has 1 heterocycles. The Hall–Kier alpha value is -0.260. The van der Waals surface area contributed by atoms with Crippen molar-refractivity contribution in [2.75, 3.05) is 26.2 Å². The minimum absolute atomic E-state index is 0.0877. The SMILES string of the molecule is NC1CCCN(CCOC(F)F)C1. The van der Waals surface area contributed by atoms with Crippen molar-refractivity contribution in [2.24, 2.45) is 5.73 Å². The van der Waals surface area contributed by atoms with Crippen LogP contribution < -0.4 is 5.73 Å². The summed E-state index contributed by atoms with van der Waals surface area (Å²) in [5.41, 5.74) is 5.73. The van der Waals surface area contributed by atoms with Crippen LogP contribution in [0, 0.1) is 0 Å². The Morgan fingerprint density at radius 2 is 2.31 bits per heavy atom. The predicted molar refractivity (Wildman–Crippen MR) is 45.6 cm³/mol. The highest BCUT2D eigenvalue weighted by molar-refractivity contribution is 4.74. The van der Waals surface area contributed by atoms with Gasteiger partial charge in [-0.15, -0.1) is 0 Å². The van der Waals surface area contributed by atoms with Crippen LogP contribution in [0.15, 0.2) is 0 Å². The van der Waals surface area contributed by atoms with E-state index in [9.17, 15) is 8.78 Å². The number of nitrogens with zero attached hydrogens (tertiary/aromatic N) is 1. The van der Waals surface area contributed by atoms with Crippen LogP contribution in [0.4, 0.5) is 8.78 Å². The van der Waals surface area contributed by atoms with Crippen molar-refractivity contribution in [3.8, 4) is 0 Å². The van der Waals surface area contributed by atoms with Gasteiger partial charge in [0.05, 0.1) is 6.61 Å². The molecule has 0 amide bonds. The van der Waals surface area contributed by atoms with Crippen LogP contribution in [0.5, 0.6) is 0 Å². The van der Waals surface area contributed by atoms with Crippen molar-refractivity contribution in [3.63, 3.8) is 0 Å². The number of hydrogen-bond donors (Lipinski definition) is 1. The highest BCUT2D eigenvalue weighted by Crippen LogP contribution is 2.07. The third-order valence-corrected chi connectivity index (χ3v) is 2.19. The summed E-state index contributed by atoms with van der Waals surface area (Å²) in [5, 5.41) is 0. The van der Waals surface area contributed by atoms with Gasteiger partial charge in [0, 0.05) is 19.1 Å². The van der Waals surface area contributed by atoms with Crippen LogP contribution in [0.1, 0.15) is 12.8 Å². The Bertz CT molecular complexity index is 146. The van der Waals surface area contributed by atoms with Crippen LogP contribution in [0.2, 0.25) is 0 Å². The van der Waals surface area contributed by atoms with Crippen molar-refractivity contribution in [3.05, 3.63) is 0 Å². The average molecular weight is 194 g/mol. The third kappa shape index (κ3) is 4.50. The molecule has 0 radical (unpaired) electrons. The van der Waals surface area contributed by atoms with E-state index in [2.05, 4.69) is 9.64 Å². The summed E-state index contributed by atoms with van der Waals surface area (Å²) in [6.45, 7) is -0.270. The van der Waals surface area contributed by atoms with Gasteiger partial charge in [0.15, 0.2) is 0 Å². The first kappa shape index (κ1) is 10.8. The average Bonchev–Trinajstić information content (AvgIpc) is 2.03. The Labute approximate surface area is 76.8 Å². The van der Waals surface area contributed by atoms with Crippen molar-refractivity contribution in [1.82, 2.24) is 4.90 Å². The highest BCUT2D eigenvalue weighted by atomic mass is 19.3. The molecule has 0 bridgehead atoms. The summed E-state index contributed by atoms with van der Waals surface area (Å²) in [5.74, 6) is 0. The molecule has 0 aliphatic carbocycles. The summed E-state index contributed by atoms with van der Waals surface area (Å²) < 4.78 is 27.4. The van der Waals surface area contributed by atoms with E-state index >= 15 is 0 Å². The van der Waals surface area contributed by atoms with Crippen molar-refractivity contribution < 1.29 is 13.5 Å². The molecule has 1 aliphatic rings. The highest BCUT2D eigenvalue weighted by Gasteiger charge is 2.16. The van der Waals surface area contributed by atoms with Crippen molar-refractivity contribution in [1.29, 1.82) is 0 Å². The van der Waals surface area contributed by atoms with Crippen LogP contribution in [-0.4, -0.2) is 43.8 Å². The summed E-state index contributed by atoms with van der Waals surface area (Å²) in [6, 6.07) is 0.195. The lowest BCUT2D eigenvalue weighted by molar-refractivity contribution is -0.132. The van der Waals surface area contributed by atoms with E-state index in [0.717, 1.165) is 25.9 Å². The fourth-order valence-electron chi connectivity index (χ4n) is 1.57. The summed E-state index contributed by atoms with van der Waals surface area (Å²) in [4.78, 5) is 2.07. The van der Waals surface area contributed by atoms with Crippen LogP contribution in [0.3, 0.4) is 0 Å². The second-order valence-electron chi connectivity index (χ2n) is 3.33. The number of ether oxygens (including phenoxy) is 1. The molecule has 0 aromatic rings. The van der Waals surface area contributed by atoms with Gasteiger partial charge in [-0.2, -0.15) is 8.78 Å². The zero-order chi connectivity index (χ0) is 9.68. The maximum absolute atomic E-state index is 11.6. The zero-order valence-corrected chi connectivity index (χ0v) is 7.59. The van der Waals surface area contributed by atoms with Crippen LogP contribution >= 0.6 is 0 Å². The van der Waals surface area contributed by atoms with E-state index in [1.807, 2.05) is 0 Å². The number of halogens is 2. The number of likely N-dealkylation sites (tertiary alicyclic amines) is 1. The van der Waals surface area contributed by atoms with E-state index in [4.69, 9.17) is 5.73 Å². The van der Waals surface area contributed by atoms with E-state index in [-0.39, 0.29) is 12.6 Å². The molecule has 13 heavy (non-hydrogen) atoms. The van der Waals surface area contributed by atoms with Gasteiger partial charge in [0.2, 0.25) is 0 Å². The summed E-state index contributed by atoms with van der Waals surface area (Å²) >= 11 is 0. The van der Waals surface area contributed by atoms with Crippen LogP contribution in [0.25, 0.3) is 0 Å². The maximum atomic E-state index is 11.6. The Kier molecular flexibility index (Phi) is 4.55. The third-order valence-electron chi connectivity index (χ3n) is 2.19. The molecule has 1 atom stereocenters. The molecule has 1 rings (SSSR count). The largest absolute Gasteiger partial charge is 0.345 e. The second-order valence-corrected chi connectivity index (χ2v) is 3.33. The lowest BCUT2D eigenvalue weighted by Crippen LogP contribution is -2.44. The molecule has 78 valence electrons. The Morgan fingerprint density at radius 3 is 2.92 bits per heavy atom. The Morgan fingerprint density at radius 1 is 1.54 bits per heavy atom. The van der Waals surface area contributed by atoms with Gasteiger partial charge < -0.3 is 10.5 Å². The van der Waals surface area contributed by atoms with Crippen molar-refractivity contribution in [2.45, 2.75) is 25.5 Å². The Balaban J connectivity index is 2.06. The molecule has 1 saturated heterocycles. The standard InChI is InChI=1S/C8H16F2N2O/c9-8(10)13-5-4-12-3-1-2-7(11)6-12/h7-8H,1-6,11H2. The zero-order valence-electron chi connectivity index (χ0n) is 7.59. The first-order valence-electron chi connectivity index (χ1n) is 4.56. The van der Waals surface area contributed by atoms with Gasteiger partial charge in [-0.3, -0.25) is 4.90 Å². The van der Waals surface area contributed by atoms with Gasteiger partial charge in [-0.25, -0.2) is 0 Å². The molecule has 5 heteroatoms. The number of nitrogens with two attached hydrogens (primary N) is 1. The van der Waals surface area contributed by atoms with E-state index in [1.54, 1.807) is 0 Å². The van der Waals surface area contributed by atoms with E-state index in [0.29, 0.717) is 6.54 Å². The fourth-order valence-corrected chi connectivity index (χ4v) is 1.57. The minimum Gasteiger partial charge on any atom is -0.327 e. The summed E-state index contributed by atoms with van der Waals surface area (Å²) in [7, 11) is 0. The maximum Gasteiger partial charge on any atom is 0.345 e. The first-order valence-corrected chi connectivity index (χ1v) is 4.56. The summed E-state index contributed by atoms with van der Waals surface area (Å²) in [6.07, 6.45) is 2.09. The molecule has 0 aromatic heterocycles. The fraction of sp³-hybridized carbons (Fsp3) is 1.00. The molecular formula is C8H16F2N2O.